The Kier molecular flexibility index (Phi) is 14.0. The Balaban J connectivity index is 0.786. The maximum absolute atomic E-state index is 14.0. The smallest absolute Gasteiger partial charge is 0.417 e. The van der Waals surface area contributed by atoms with E-state index in [2.05, 4.69) is 15.6 Å². The van der Waals surface area contributed by atoms with Crippen molar-refractivity contribution in [1.29, 1.82) is 5.26 Å². The van der Waals surface area contributed by atoms with Crippen molar-refractivity contribution in [2.75, 3.05) is 55.9 Å². The zero-order valence-electron chi connectivity index (χ0n) is 39.0. The second kappa shape index (κ2) is 19.2. The number of nitrogens with zero attached hydrogens (tertiary/aromatic N) is 5. The number of hydrogen-bond acceptors (Lipinski definition) is 12. The number of aryl methyl sites for hydroxylation is 1. The summed E-state index contributed by atoms with van der Waals surface area (Å²) < 4.78 is 63.6. The minimum atomic E-state index is -4.87. The number of imide groups is 1. The van der Waals surface area contributed by atoms with Gasteiger partial charge in [-0.2, -0.15) is 18.4 Å². The lowest BCUT2D eigenvalue weighted by Crippen LogP contribution is -2.68. The van der Waals surface area contributed by atoms with Gasteiger partial charge in [0.05, 0.1) is 41.3 Å². The molecule has 3 heterocycles. The van der Waals surface area contributed by atoms with Gasteiger partial charge in [-0.15, -0.1) is 0 Å². The predicted octanol–water partition coefficient (Wildman–Crippen LogP) is 5.55. The van der Waals surface area contributed by atoms with Gasteiger partial charge in [0, 0.05) is 56.9 Å². The van der Waals surface area contributed by atoms with Gasteiger partial charge in [-0.05, 0) is 99.7 Å². The minimum absolute atomic E-state index is 0.0107. The van der Waals surface area contributed by atoms with Gasteiger partial charge in [0.1, 0.15) is 35.7 Å². The third kappa shape index (κ3) is 10.1. The van der Waals surface area contributed by atoms with Gasteiger partial charge in [0.15, 0.2) is 6.39 Å². The molecule has 1 aromatic heterocycles. The highest BCUT2D eigenvalue weighted by molar-refractivity contribution is 6.30. The van der Waals surface area contributed by atoms with Crippen LogP contribution < -0.4 is 25.2 Å². The largest absolute Gasteiger partial charge is 0.494 e. The van der Waals surface area contributed by atoms with Crippen molar-refractivity contribution >= 4 is 41.0 Å². The normalized spacial score (nSPS) is 23.5. The van der Waals surface area contributed by atoms with Crippen LogP contribution in [0.1, 0.15) is 95.7 Å². The molecular weight excluding hydrogens is 892 g/mol. The molecule has 3 aliphatic carbocycles. The fourth-order valence-corrected chi connectivity index (χ4v) is 9.98. The first-order valence-corrected chi connectivity index (χ1v) is 22.6. The minimum Gasteiger partial charge on any atom is -0.494 e. The van der Waals surface area contributed by atoms with Crippen LogP contribution in [0.2, 0.25) is 0 Å². The highest BCUT2D eigenvalue weighted by atomic mass is 19.4. The van der Waals surface area contributed by atoms with Gasteiger partial charge >= 0.3 is 12.2 Å². The van der Waals surface area contributed by atoms with E-state index in [-0.39, 0.29) is 48.6 Å². The van der Waals surface area contributed by atoms with Gasteiger partial charge in [0.2, 0.25) is 17.7 Å². The molecule has 3 aromatic rings. The van der Waals surface area contributed by atoms with Crippen LogP contribution in [0.3, 0.4) is 0 Å². The summed E-state index contributed by atoms with van der Waals surface area (Å²) in [5.41, 5.74) is -3.16. The van der Waals surface area contributed by atoms with Crippen LogP contribution in [0.5, 0.6) is 5.75 Å². The number of benzene rings is 2. The van der Waals surface area contributed by atoms with E-state index >= 15 is 0 Å². The van der Waals surface area contributed by atoms with Crippen molar-refractivity contribution in [3.8, 4) is 11.8 Å². The summed E-state index contributed by atoms with van der Waals surface area (Å²) in [5.74, 6) is -0.626. The molecule has 6 amide bonds. The van der Waals surface area contributed by atoms with Gasteiger partial charge in [-0.25, -0.2) is 14.7 Å². The SMILES string of the molecule is Cc1ncoc1C12CC(CNC(=O)[C@@H]3C[C@@H](O)CN3C(=O)C(NC(=O)COCCCOCCCOc3ccc(N4C(=O)N(c5ccc(C#N)c(C(F)(F)F)c5)C(=O)C4(C)C)cc3)C(C)(C)C)(C1)C2. The third-order valence-electron chi connectivity index (χ3n) is 13.3. The van der Waals surface area contributed by atoms with Crippen molar-refractivity contribution in [3.05, 3.63) is 71.4 Å². The monoisotopic (exact) mass is 949 g/mol. The number of ether oxygens (including phenoxy) is 3. The number of carbonyl (C=O) groups is 5. The van der Waals surface area contributed by atoms with E-state index in [0.717, 1.165) is 42.8 Å². The summed E-state index contributed by atoms with van der Waals surface area (Å²) in [5, 5.41) is 25.5. The van der Waals surface area contributed by atoms with Gasteiger partial charge < -0.3 is 39.3 Å². The van der Waals surface area contributed by atoms with Gasteiger partial charge in [0.25, 0.3) is 5.91 Å². The molecule has 2 saturated heterocycles. The van der Waals surface area contributed by atoms with E-state index in [1.165, 1.54) is 36.1 Å². The molecule has 0 radical (unpaired) electrons. The highest BCUT2D eigenvalue weighted by Gasteiger charge is 2.70. The number of nitriles is 1. The summed E-state index contributed by atoms with van der Waals surface area (Å²) in [6, 6.07) is 7.81. The average molecular weight is 950 g/mol. The summed E-state index contributed by atoms with van der Waals surface area (Å²) in [6.07, 6.45) is -0.486. The lowest BCUT2D eigenvalue weighted by molar-refractivity contribution is -0.155. The maximum atomic E-state index is 14.0. The molecule has 366 valence electrons. The first-order chi connectivity index (χ1) is 32.0. The number of alkyl halides is 3. The number of anilines is 2. The molecule has 5 fully saturated rings. The third-order valence-corrected chi connectivity index (χ3v) is 13.3. The predicted molar refractivity (Wildman–Crippen MR) is 238 cm³/mol. The van der Waals surface area contributed by atoms with E-state index in [4.69, 9.17) is 23.9 Å². The quantitative estimate of drug-likeness (QED) is 0.0997. The van der Waals surface area contributed by atoms with E-state index in [9.17, 15) is 42.3 Å². The molecule has 17 nitrogen and oxygen atoms in total. The zero-order valence-corrected chi connectivity index (χ0v) is 39.0. The van der Waals surface area contributed by atoms with Crippen LogP contribution in [-0.4, -0.2) is 115 Å². The number of aromatic nitrogens is 1. The van der Waals surface area contributed by atoms with E-state index in [0.29, 0.717) is 61.6 Å². The highest BCUT2D eigenvalue weighted by Crippen LogP contribution is 2.73. The fraction of sp³-hybridized carbons (Fsp3) is 0.562. The Morgan fingerprint density at radius 1 is 0.985 bits per heavy atom. The molecule has 5 aliphatic rings. The molecule has 1 unspecified atom stereocenters. The van der Waals surface area contributed by atoms with Gasteiger partial charge in [-0.1, -0.05) is 20.8 Å². The van der Waals surface area contributed by atoms with Crippen molar-refractivity contribution in [1.82, 2.24) is 20.5 Å². The Bertz CT molecular complexity index is 2420. The number of nitrogens with one attached hydrogen (secondary N) is 2. The fourth-order valence-electron chi connectivity index (χ4n) is 9.98. The van der Waals surface area contributed by atoms with Crippen molar-refractivity contribution in [3.63, 3.8) is 0 Å². The number of aliphatic hydroxyl groups excluding tert-OH is 1. The molecule has 3 saturated carbocycles. The topological polar surface area (TPSA) is 217 Å². The van der Waals surface area contributed by atoms with Crippen molar-refractivity contribution < 1.29 is 60.9 Å². The van der Waals surface area contributed by atoms with Crippen LogP contribution in [0.15, 0.2) is 53.3 Å². The summed E-state index contributed by atoms with van der Waals surface area (Å²) in [4.78, 5) is 74.8. The van der Waals surface area contributed by atoms with Crippen LogP contribution in [0.25, 0.3) is 0 Å². The number of urea groups is 1. The van der Waals surface area contributed by atoms with Crippen molar-refractivity contribution in [2.24, 2.45) is 10.8 Å². The molecule has 8 rings (SSSR count). The first-order valence-electron chi connectivity index (χ1n) is 22.6. The summed E-state index contributed by atoms with van der Waals surface area (Å²) >= 11 is 0. The lowest BCUT2D eigenvalue weighted by atomic mass is 9.34. The molecule has 68 heavy (non-hydrogen) atoms. The van der Waals surface area contributed by atoms with E-state index in [1.807, 2.05) is 27.7 Å². The van der Waals surface area contributed by atoms with Crippen LogP contribution in [0, 0.1) is 29.1 Å². The maximum Gasteiger partial charge on any atom is 0.417 e. The number of oxazole rings is 1. The molecule has 3 N–H and O–H groups in total. The number of likely N-dealkylation sites (tertiary alicyclic amines) is 1. The first kappa shape index (κ1) is 49.9. The Morgan fingerprint density at radius 3 is 2.25 bits per heavy atom. The molecule has 20 heteroatoms. The molecule has 2 bridgehead atoms. The number of β-amino-alcohol motifs (C(OH)–C–C–N with tert-alkyl or cyclic N) is 1. The average Bonchev–Trinajstić information content (AvgIpc) is 3.91. The number of amides is 6. The van der Waals surface area contributed by atoms with Crippen LogP contribution in [0.4, 0.5) is 29.3 Å². The molecule has 3 atom stereocenters. The van der Waals surface area contributed by atoms with E-state index < -0.39 is 70.2 Å². The Morgan fingerprint density at radius 2 is 1.63 bits per heavy atom. The Hall–Kier alpha value is -6.04. The summed E-state index contributed by atoms with van der Waals surface area (Å²) in [7, 11) is 0. The second-order valence-electron chi connectivity index (χ2n) is 19.9. The second-order valence-corrected chi connectivity index (χ2v) is 19.9. The number of hydrogen-bond donors (Lipinski definition) is 3. The molecule has 2 aromatic carbocycles. The lowest BCUT2D eigenvalue weighted by Gasteiger charge is -2.69. The van der Waals surface area contributed by atoms with Crippen molar-refractivity contribution in [2.45, 2.75) is 115 Å². The molecule has 0 spiro atoms. The summed E-state index contributed by atoms with van der Waals surface area (Å²) in [6.45, 7) is 11.7. The molecular formula is C48H58F3N7O10. The van der Waals surface area contributed by atoms with Crippen LogP contribution >= 0.6 is 0 Å². The number of rotatable bonds is 19. The van der Waals surface area contributed by atoms with E-state index in [1.54, 1.807) is 24.3 Å². The standard InChI is InChI=1S/C48H58F3N7O10/c1-29-39(68-28-54-29)47-24-46(25-47,26-47)27-53-40(61)36-20-33(59)22-56(36)41(62)38(44(2,3)4)55-37(60)23-66-17-7-15-65-16-8-18-67-34-13-11-31(12-14-34)58-43(64)57(42(63)45(58,5)6)32-10-9-30(21-52)35(19-32)48(49,50)51/h9-14,19,28,33,36,38,59H,7-8,15-18,20,22-27H2,1-6H3,(H,53,61)(H,55,60)/t33-,36+,38?,46?,47?/m1/s1. The molecule has 2 aliphatic heterocycles. The Labute approximate surface area is 392 Å². The van der Waals surface area contributed by atoms with Crippen LogP contribution in [-0.2, 0) is 40.2 Å². The number of halogens is 3. The van der Waals surface area contributed by atoms with Gasteiger partial charge in [-0.3, -0.25) is 24.1 Å². The number of carbonyl (C=O) groups excluding carboxylic acids is 5. The number of aliphatic hydroxyl groups is 1. The zero-order chi connectivity index (χ0) is 49.4.